The fourth-order valence-corrected chi connectivity index (χ4v) is 2.33. The van der Waals surface area contributed by atoms with Gasteiger partial charge in [0.2, 0.25) is 5.95 Å². The van der Waals surface area contributed by atoms with Crippen LogP contribution in [0.2, 0.25) is 0 Å². The highest BCUT2D eigenvalue weighted by Gasteiger charge is 2.07. The van der Waals surface area contributed by atoms with Crippen LogP contribution in [0.1, 0.15) is 16.8 Å². The van der Waals surface area contributed by atoms with Gasteiger partial charge >= 0.3 is 0 Å². The molecular weight excluding hydrogens is 304 g/mol. The number of hydrogen-bond donors (Lipinski definition) is 2. The van der Waals surface area contributed by atoms with E-state index in [2.05, 4.69) is 20.5 Å². The summed E-state index contributed by atoms with van der Waals surface area (Å²) in [4.78, 5) is 14.9. The van der Waals surface area contributed by atoms with E-state index in [0.717, 1.165) is 22.6 Å². The van der Waals surface area contributed by atoms with Crippen LogP contribution in [-0.4, -0.2) is 22.3 Å². The van der Waals surface area contributed by atoms with Crippen molar-refractivity contribution in [2.24, 2.45) is 0 Å². The molecule has 0 saturated carbocycles. The number of aromatic nitrogens is 3. The molecule has 0 fully saturated rings. The summed E-state index contributed by atoms with van der Waals surface area (Å²) in [7, 11) is 1.62. The van der Waals surface area contributed by atoms with Crippen molar-refractivity contribution in [1.82, 2.24) is 15.2 Å². The maximum Gasteiger partial charge on any atom is 0.274 e. The molecule has 0 radical (unpaired) electrons. The van der Waals surface area contributed by atoms with E-state index in [-0.39, 0.29) is 5.56 Å². The quantitative estimate of drug-likeness (QED) is 0.755. The van der Waals surface area contributed by atoms with Crippen molar-refractivity contribution in [3.05, 3.63) is 75.7 Å². The van der Waals surface area contributed by atoms with Gasteiger partial charge in [-0.25, -0.2) is 0 Å². The maximum atomic E-state index is 12.2. The topological polar surface area (TPSA) is 79.9 Å². The number of nitrogens with one attached hydrogen (secondary N) is 2. The van der Waals surface area contributed by atoms with Crippen molar-refractivity contribution < 1.29 is 4.74 Å². The Labute approximate surface area is 139 Å². The Morgan fingerprint density at radius 1 is 1.12 bits per heavy atom. The van der Waals surface area contributed by atoms with Gasteiger partial charge in [0.05, 0.1) is 7.11 Å². The van der Waals surface area contributed by atoms with Crippen molar-refractivity contribution in [2.75, 3.05) is 12.4 Å². The third-order valence-corrected chi connectivity index (χ3v) is 3.58. The molecule has 0 amide bonds. The van der Waals surface area contributed by atoms with E-state index in [1.807, 2.05) is 55.5 Å². The van der Waals surface area contributed by atoms with E-state index in [4.69, 9.17) is 4.74 Å². The van der Waals surface area contributed by atoms with E-state index < -0.39 is 0 Å². The summed E-state index contributed by atoms with van der Waals surface area (Å²) < 4.78 is 5.12. The highest BCUT2D eigenvalue weighted by atomic mass is 16.5. The van der Waals surface area contributed by atoms with Gasteiger partial charge in [-0.2, -0.15) is 0 Å². The Balaban J connectivity index is 1.75. The van der Waals surface area contributed by atoms with Crippen molar-refractivity contribution in [2.45, 2.75) is 13.3 Å². The summed E-state index contributed by atoms with van der Waals surface area (Å²) in [6.45, 7) is 2.00. The molecule has 2 N–H and O–H groups in total. The van der Waals surface area contributed by atoms with Gasteiger partial charge in [-0.05, 0) is 42.3 Å². The Hall–Kier alpha value is -3.15. The van der Waals surface area contributed by atoms with Gasteiger partial charge in [0, 0.05) is 12.1 Å². The highest BCUT2D eigenvalue weighted by Crippen LogP contribution is 2.14. The fraction of sp³-hybridized carbons (Fsp3) is 0.167. The van der Waals surface area contributed by atoms with Crippen molar-refractivity contribution in [3.8, 4) is 5.75 Å². The minimum absolute atomic E-state index is 0.254. The smallest absolute Gasteiger partial charge is 0.274 e. The van der Waals surface area contributed by atoms with Crippen LogP contribution in [0.4, 0.5) is 11.6 Å². The zero-order valence-corrected chi connectivity index (χ0v) is 13.5. The number of anilines is 2. The average molecular weight is 322 g/mol. The van der Waals surface area contributed by atoms with Crippen molar-refractivity contribution >= 4 is 11.6 Å². The van der Waals surface area contributed by atoms with Crippen LogP contribution >= 0.6 is 0 Å². The molecule has 6 heteroatoms. The normalized spacial score (nSPS) is 10.4. The zero-order valence-electron chi connectivity index (χ0n) is 13.5. The van der Waals surface area contributed by atoms with Crippen LogP contribution < -0.4 is 15.6 Å². The first-order valence-corrected chi connectivity index (χ1v) is 7.56. The Kier molecular flexibility index (Phi) is 4.56. The minimum Gasteiger partial charge on any atom is -0.497 e. The molecule has 0 spiro atoms. The van der Waals surface area contributed by atoms with Crippen LogP contribution in [0.25, 0.3) is 0 Å². The van der Waals surface area contributed by atoms with E-state index in [9.17, 15) is 4.79 Å². The van der Waals surface area contributed by atoms with E-state index in [0.29, 0.717) is 18.1 Å². The standard InChI is InChI=1S/C18H18N4O2/c1-12-4-3-5-14(10-12)19-18-20-17(23)16(21-22-18)11-13-6-8-15(24-2)9-7-13/h3-10H,11H2,1-2H3,(H2,19,20,22,23). The molecule has 24 heavy (non-hydrogen) atoms. The third-order valence-electron chi connectivity index (χ3n) is 3.58. The second-order valence-corrected chi connectivity index (χ2v) is 5.47. The molecule has 0 saturated heterocycles. The summed E-state index contributed by atoms with van der Waals surface area (Å²) in [6.07, 6.45) is 0.414. The minimum atomic E-state index is -0.254. The highest BCUT2D eigenvalue weighted by molar-refractivity contribution is 5.53. The molecule has 3 rings (SSSR count). The number of aryl methyl sites for hydroxylation is 1. The van der Waals surface area contributed by atoms with E-state index >= 15 is 0 Å². The van der Waals surface area contributed by atoms with Gasteiger partial charge in [-0.1, -0.05) is 24.3 Å². The first-order valence-electron chi connectivity index (χ1n) is 7.56. The Bertz CT molecular complexity index is 888. The number of H-pyrrole nitrogens is 1. The van der Waals surface area contributed by atoms with E-state index in [1.165, 1.54) is 0 Å². The van der Waals surface area contributed by atoms with Gasteiger partial charge in [0.25, 0.3) is 5.56 Å². The van der Waals surface area contributed by atoms with Gasteiger partial charge in [-0.3, -0.25) is 9.78 Å². The van der Waals surface area contributed by atoms with Gasteiger partial charge in [-0.15, -0.1) is 10.2 Å². The first kappa shape index (κ1) is 15.7. The second-order valence-electron chi connectivity index (χ2n) is 5.47. The second kappa shape index (κ2) is 6.95. The molecule has 0 atom stereocenters. The monoisotopic (exact) mass is 322 g/mol. The SMILES string of the molecule is COc1ccc(Cc2nnc(Nc3cccc(C)c3)[nH]c2=O)cc1. The number of aromatic amines is 1. The summed E-state index contributed by atoms with van der Waals surface area (Å²) in [6, 6.07) is 15.3. The van der Waals surface area contributed by atoms with Gasteiger partial charge in [0.15, 0.2) is 0 Å². The predicted octanol–water partition coefficient (Wildman–Crippen LogP) is 2.82. The molecule has 6 nitrogen and oxygen atoms in total. The number of methoxy groups -OCH3 is 1. The lowest BCUT2D eigenvalue weighted by Crippen LogP contribution is -2.18. The average Bonchev–Trinajstić information content (AvgIpc) is 2.58. The lowest BCUT2D eigenvalue weighted by Gasteiger charge is -2.06. The molecule has 0 aliphatic carbocycles. The third kappa shape index (κ3) is 3.78. The lowest BCUT2D eigenvalue weighted by atomic mass is 10.1. The molecule has 122 valence electrons. The van der Waals surface area contributed by atoms with Crippen LogP contribution in [0, 0.1) is 6.92 Å². The van der Waals surface area contributed by atoms with Crippen LogP contribution in [0.5, 0.6) is 5.75 Å². The summed E-state index contributed by atoms with van der Waals surface area (Å²) in [5.41, 5.74) is 3.05. The summed E-state index contributed by atoms with van der Waals surface area (Å²) in [5.74, 6) is 1.10. The zero-order chi connectivity index (χ0) is 16.9. The predicted molar refractivity (Wildman–Crippen MR) is 92.9 cm³/mol. The number of hydrogen-bond acceptors (Lipinski definition) is 5. The summed E-state index contributed by atoms with van der Waals surface area (Å²) >= 11 is 0. The van der Waals surface area contributed by atoms with Crippen molar-refractivity contribution in [3.63, 3.8) is 0 Å². The molecule has 0 unspecified atom stereocenters. The number of rotatable bonds is 5. The summed E-state index contributed by atoms with van der Waals surface area (Å²) in [5, 5.41) is 11.1. The van der Waals surface area contributed by atoms with Crippen LogP contribution in [0.15, 0.2) is 53.3 Å². The van der Waals surface area contributed by atoms with E-state index in [1.54, 1.807) is 7.11 Å². The van der Waals surface area contributed by atoms with Crippen molar-refractivity contribution in [1.29, 1.82) is 0 Å². The number of benzene rings is 2. The number of ether oxygens (including phenoxy) is 1. The lowest BCUT2D eigenvalue weighted by molar-refractivity contribution is 0.414. The fourth-order valence-electron chi connectivity index (χ4n) is 2.33. The van der Waals surface area contributed by atoms with Gasteiger partial charge in [0.1, 0.15) is 11.4 Å². The Morgan fingerprint density at radius 2 is 1.92 bits per heavy atom. The molecule has 0 aliphatic rings. The molecule has 1 heterocycles. The Morgan fingerprint density at radius 3 is 2.58 bits per heavy atom. The molecule has 1 aromatic heterocycles. The molecular formula is C18H18N4O2. The molecule has 0 aliphatic heterocycles. The largest absolute Gasteiger partial charge is 0.497 e. The molecule has 2 aromatic carbocycles. The number of nitrogens with zero attached hydrogens (tertiary/aromatic N) is 2. The molecule has 3 aromatic rings. The maximum absolute atomic E-state index is 12.2. The first-order chi connectivity index (χ1) is 11.6. The van der Waals surface area contributed by atoms with Crippen LogP contribution in [-0.2, 0) is 6.42 Å². The van der Waals surface area contributed by atoms with Gasteiger partial charge < -0.3 is 10.1 Å². The molecule has 0 bridgehead atoms. The van der Waals surface area contributed by atoms with Crippen LogP contribution in [0.3, 0.4) is 0 Å².